The Kier molecular flexibility index (Phi) is 2.68. The number of nitrogens with two attached hydrogens (primary N) is 1. The van der Waals surface area contributed by atoms with Crippen molar-refractivity contribution in [2.75, 3.05) is 13.1 Å². The molecular formula is C10H16N4O3. The molecule has 2 rings (SSSR count). The van der Waals surface area contributed by atoms with Gasteiger partial charge in [-0.3, -0.25) is 9.59 Å². The first kappa shape index (κ1) is 11.7. The van der Waals surface area contributed by atoms with Crippen molar-refractivity contribution in [3.05, 3.63) is 0 Å². The zero-order valence-electron chi connectivity index (χ0n) is 9.66. The minimum atomic E-state index is -0.863. The maximum atomic E-state index is 12.2. The molecule has 2 aliphatic rings. The summed E-state index contributed by atoms with van der Waals surface area (Å²) in [6.45, 7) is 2.59. The third kappa shape index (κ3) is 2.04. The monoisotopic (exact) mass is 240 g/mol. The Morgan fingerprint density at radius 3 is 2.71 bits per heavy atom. The summed E-state index contributed by atoms with van der Waals surface area (Å²) in [6.07, 6.45) is 1.17. The van der Waals surface area contributed by atoms with E-state index in [1.165, 1.54) is 4.90 Å². The van der Waals surface area contributed by atoms with Crippen LogP contribution in [0, 0.1) is 0 Å². The van der Waals surface area contributed by atoms with Crippen LogP contribution in [0.3, 0.4) is 0 Å². The highest BCUT2D eigenvalue weighted by molar-refractivity contribution is 5.97. The standard InChI is InChI=1S/C10H16N4O3/c1-6-7(15)12-4-5-14(6)8(16)10(2-3-10)13-9(11)17/h6H,2-5H2,1H3,(H,12,15)(H3,11,13,17). The van der Waals surface area contributed by atoms with Crippen LogP contribution >= 0.6 is 0 Å². The molecule has 1 aliphatic heterocycles. The van der Waals surface area contributed by atoms with E-state index in [1.54, 1.807) is 6.92 Å². The molecule has 17 heavy (non-hydrogen) atoms. The van der Waals surface area contributed by atoms with Crippen molar-refractivity contribution in [2.24, 2.45) is 5.73 Å². The van der Waals surface area contributed by atoms with E-state index in [9.17, 15) is 14.4 Å². The highest BCUT2D eigenvalue weighted by Gasteiger charge is 2.54. The smallest absolute Gasteiger partial charge is 0.313 e. The molecule has 1 saturated heterocycles. The van der Waals surface area contributed by atoms with Gasteiger partial charge in [-0.1, -0.05) is 0 Å². The van der Waals surface area contributed by atoms with Crippen molar-refractivity contribution in [1.82, 2.24) is 15.5 Å². The molecule has 0 radical (unpaired) electrons. The van der Waals surface area contributed by atoms with E-state index in [-0.39, 0.29) is 11.8 Å². The second kappa shape index (κ2) is 3.90. The summed E-state index contributed by atoms with van der Waals surface area (Å²) in [6, 6.07) is -1.20. The highest BCUT2D eigenvalue weighted by atomic mass is 16.2. The van der Waals surface area contributed by atoms with Gasteiger partial charge >= 0.3 is 6.03 Å². The lowest BCUT2D eigenvalue weighted by molar-refractivity contribution is -0.144. The van der Waals surface area contributed by atoms with Crippen LogP contribution in [0.15, 0.2) is 0 Å². The lowest BCUT2D eigenvalue weighted by Gasteiger charge is -2.35. The van der Waals surface area contributed by atoms with Gasteiger partial charge in [-0.15, -0.1) is 0 Å². The number of urea groups is 1. The number of amides is 4. The van der Waals surface area contributed by atoms with E-state index < -0.39 is 17.6 Å². The Labute approximate surface area is 98.7 Å². The summed E-state index contributed by atoms with van der Waals surface area (Å²) in [4.78, 5) is 36.1. The fourth-order valence-corrected chi connectivity index (χ4v) is 2.09. The zero-order chi connectivity index (χ0) is 12.6. The predicted octanol–water partition coefficient (Wildman–Crippen LogP) is -1.47. The predicted molar refractivity (Wildman–Crippen MR) is 58.9 cm³/mol. The molecule has 2 fully saturated rings. The van der Waals surface area contributed by atoms with Gasteiger partial charge in [-0.2, -0.15) is 0 Å². The number of nitrogens with one attached hydrogen (secondary N) is 2. The Morgan fingerprint density at radius 1 is 1.53 bits per heavy atom. The normalized spacial score (nSPS) is 26.1. The SMILES string of the molecule is CC1C(=O)NCCN1C(=O)C1(NC(N)=O)CC1. The fourth-order valence-electron chi connectivity index (χ4n) is 2.09. The molecule has 7 nitrogen and oxygen atoms in total. The van der Waals surface area contributed by atoms with E-state index in [4.69, 9.17) is 5.73 Å². The molecule has 0 aromatic carbocycles. The van der Waals surface area contributed by atoms with Crippen LogP contribution in [0.5, 0.6) is 0 Å². The van der Waals surface area contributed by atoms with Crippen LogP contribution in [0.1, 0.15) is 19.8 Å². The number of primary amides is 1. The Balaban J connectivity index is 2.09. The summed E-state index contributed by atoms with van der Waals surface area (Å²) in [5.74, 6) is -0.377. The van der Waals surface area contributed by atoms with Crippen molar-refractivity contribution >= 4 is 17.8 Å². The van der Waals surface area contributed by atoms with Crippen LogP contribution in [-0.4, -0.2) is 47.4 Å². The van der Waals surface area contributed by atoms with E-state index in [0.717, 1.165) is 0 Å². The van der Waals surface area contributed by atoms with Gasteiger partial charge in [-0.25, -0.2) is 4.79 Å². The molecule has 1 heterocycles. The van der Waals surface area contributed by atoms with E-state index in [2.05, 4.69) is 10.6 Å². The van der Waals surface area contributed by atoms with E-state index in [0.29, 0.717) is 25.9 Å². The average Bonchev–Trinajstić information content (AvgIpc) is 3.01. The first-order valence-corrected chi connectivity index (χ1v) is 5.63. The van der Waals surface area contributed by atoms with Crippen molar-refractivity contribution in [3.8, 4) is 0 Å². The van der Waals surface area contributed by atoms with Crippen LogP contribution < -0.4 is 16.4 Å². The fraction of sp³-hybridized carbons (Fsp3) is 0.700. The lowest BCUT2D eigenvalue weighted by atomic mass is 10.1. The molecule has 0 spiro atoms. The summed E-state index contributed by atoms with van der Waals surface area (Å²) >= 11 is 0. The van der Waals surface area contributed by atoms with Crippen LogP contribution in [0.25, 0.3) is 0 Å². The molecule has 0 aromatic rings. The number of hydrogen-bond donors (Lipinski definition) is 3. The van der Waals surface area contributed by atoms with Gasteiger partial charge in [0.25, 0.3) is 0 Å². The minimum Gasteiger partial charge on any atom is -0.353 e. The van der Waals surface area contributed by atoms with Crippen molar-refractivity contribution in [1.29, 1.82) is 0 Å². The molecule has 1 saturated carbocycles. The zero-order valence-corrected chi connectivity index (χ0v) is 9.66. The minimum absolute atomic E-state index is 0.167. The maximum absolute atomic E-state index is 12.2. The van der Waals surface area contributed by atoms with Crippen LogP contribution in [0.2, 0.25) is 0 Å². The maximum Gasteiger partial charge on any atom is 0.313 e. The molecule has 1 atom stereocenters. The van der Waals surface area contributed by atoms with Gasteiger partial charge < -0.3 is 21.3 Å². The van der Waals surface area contributed by atoms with Gasteiger partial charge in [0.05, 0.1) is 0 Å². The number of carbonyl (C=O) groups excluding carboxylic acids is 3. The molecule has 0 aromatic heterocycles. The Morgan fingerprint density at radius 2 is 2.18 bits per heavy atom. The summed E-state index contributed by atoms with van der Waals surface area (Å²) in [5.41, 5.74) is 4.18. The molecule has 1 aliphatic carbocycles. The van der Waals surface area contributed by atoms with Gasteiger partial charge in [0.1, 0.15) is 11.6 Å². The molecule has 94 valence electrons. The number of nitrogens with zero attached hydrogens (tertiary/aromatic N) is 1. The number of piperazine rings is 1. The van der Waals surface area contributed by atoms with Gasteiger partial charge in [0.15, 0.2) is 0 Å². The molecule has 7 heteroatoms. The first-order valence-electron chi connectivity index (χ1n) is 5.63. The Hall–Kier alpha value is -1.79. The van der Waals surface area contributed by atoms with Crippen LogP contribution in [0.4, 0.5) is 4.79 Å². The third-order valence-electron chi connectivity index (χ3n) is 3.28. The van der Waals surface area contributed by atoms with Gasteiger partial charge in [0, 0.05) is 13.1 Å². The van der Waals surface area contributed by atoms with E-state index in [1.807, 2.05) is 0 Å². The third-order valence-corrected chi connectivity index (χ3v) is 3.28. The Bertz CT molecular complexity index is 378. The lowest BCUT2D eigenvalue weighted by Crippen LogP contribution is -2.61. The van der Waals surface area contributed by atoms with Crippen LogP contribution in [-0.2, 0) is 9.59 Å². The number of carbonyl (C=O) groups is 3. The quantitative estimate of drug-likeness (QED) is 0.549. The topological polar surface area (TPSA) is 105 Å². The summed E-state index contributed by atoms with van der Waals surface area (Å²) < 4.78 is 0. The number of hydrogen-bond acceptors (Lipinski definition) is 3. The second-order valence-electron chi connectivity index (χ2n) is 4.54. The van der Waals surface area contributed by atoms with Crippen molar-refractivity contribution < 1.29 is 14.4 Å². The van der Waals surface area contributed by atoms with Gasteiger partial charge in [0.2, 0.25) is 11.8 Å². The summed E-state index contributed by atoms with van der Waals surface area (Å²) in [5, 5.41) is 5.16. The molecule has 1 unspecified atom stereocenters. The number of rotatable bonds is 2. The molecule has 4 amide bonds. The van der Waals surface area contributed by atoms with Gasteiger partial charge in [-0.05, 0) is 19.8 Å². The highest BCUT2D eigenvalue weighted by Crippen LogP contribution is 2.37. The largest absolute Gasteiger partial charge is 0.353 e. The van der Waals surface area contributed by atoms with Crippen molar-refractivity contribution in [3.63, 3.8) is 0 Å². The van der Waals surface area contributed by atoms with Crippen molar-refractivity contribution in [2.45, 2.75) is 31.3 Å². The first-order chi connectivity index (χ1) is 7.96. The molecule has 4 N–H and O–H groups in total. The average molecular weight is 240 g/mol. The second-order valence-corrected chi connectivity index (χ2v) is 4.54. The molecular weight excluding hydrogens is 224 g/mol. The molecule has 0 bridgehead atoms. The van der Waals surface area contributed by atoms with E-state index >= 15 is 0 Å². The summed E-state index contributed by atoms with van der Waals surface area (Å²) in [7, 11) is 0.